The summed E-state index contributed by atoms with van der Waals surface area (Å²) in [6.45, 7) is 2.02. The van der Waals surface area contributed by atoms with Gasteiger partial charge in [0.15, 0.2) is 0 Å². The van der Waals surface area contributed by atoms with E-state index in [1.165, 1.54) is 32.2 Å². The third kappa shape index (κ3) is 4.35. The molecule has 1 aromatic carbocycles. The van der Waals surface area contributed by atoms with E-state index >= 15 is 0 Å². The molecule has 5 heteroatoms. The van der Waals surface area contributed by atoms with Crippen LogP contribution in [0.1, 0.15) is 32.1 Å². The molecule has 2 aliphatic carbocycles. The SMILES string of the molecule is Nc1cc(Cl)ccc1NC(=O)CCN(CC1CC1)C1CC1. The number of nitrogens with one attached hydrogen (secondary N) is 1. The molecule has 2 saturated carbocycles. The van der Waals surface area contributed by atoms with E-state index in [0.29, 0.717) is 22.8 Å². The molecular weight excluding hydrogens is 286 g/mol. The molecule has 0 aromatic heterocycles. The number of hydrogen-bond donors (Lipinski definition) is 2. The molecule has 3 N–H and O–H groups in total. The lowest BCUT2D eigenvalue weighted by Gasteiger charge is -2.21. The van der Waals surface area contributed by atoms with Crippen molar-refractivity contribution in [3.63, 3.8) is 0 Å². The Morgan fingerprint density at radius 3 is 2.71 bits per heavy atom. The van der Waals surface area contributed by atoms with Crippen LogP contribution in [-0.2, 0) is 4.79 Å². The van der Waals surface area contributed by atoms with Crippen LogP contribution in [0.3, 0.4) is 0 Å². The lowest BCUT2D eigenvalue weighted by atomic mass is 10.2. The molecule has 1 aromatic rings. The summed E-state index contributed by atoms with van der Waals surface area (Å²) >= 11 is 5.85. The maximum atomic E-state index is 12.1. The van der Waals surface area contributed by atoms with E-state index < -0.39 is 0 Å². The van der Waals surface area contributed by atoms with Gasteiger partial charge < -0.3 is 11.1 Å². The Morgan fingerprint density at radius 2 is 2.10 bits per heavy atom. The van der Waals surface area contributed by atoms with E-state index in [2.05, 4.69) is 10.2 Å². The molecular formula is C16H22ClN3O. The number of amides is 1. The van der Waals surface area contributed by atoms with Crippen molar-refractivity contribution in [3.05, 3.63) is 23.2 Å². The first-order valence-electron chi connectivity index (χ1n) is 7.71. The van der Waals surface area contributed by atoms with Crippen LogP contribution in [0, 0.1) is 5.92 Å². The largest absolute Gasteiger partial charge is 0.397 e. The Kier molecular flexibility index (Phi) is 4.36. The summed E-state index contributed by atoms with van der Waals surface area (Å²) in [5.41, 5.74) is 7.00. The van der Waals surface area contributed by atoms with Crippen molar-refractivity contribution in [3.8, 4) is 0 Å². The van der Waals surface area contributed by atoms with E-state index in [1.54, 1.807) is 18.2 Å². The predicted octanol–water partition coefficient (Wildman–Crippen LogP) is 3.13. The monoisotopic (exact) mass is 307 g/mol. The number of halogens is 1. The number of nitrogens with two attached hydrogens (primary N) is 1. The molecule has 1 amide bonds. The first-order valence-corrected chi connectivity index (χ1v) is 8.08. The molecule has 114 valence electrons. The fraction of sp³-hybridized carbons (Fsp3) is 0.562. The molecule has 0 atom stereocenters. The van der Waals surface area contributed by atoms with Crippen LogP contribution in [0.5, 0.6) is 0 Å². The van der Waals surface area contributed by atoms with Gasteiger partial charge >= 0.3 is 0 Å². The lowest BCUT2D eigenvalue weighted by molar-refractivity contribution is -0.116. The molecule has 3 rings (SSSR count). The van der Waals surface area contributed by atoms with Gasteiger partial charge in [-0.15, -0.1) is 0 Å². The standard InChI is InChI=1S/C16H22ClN3O/c17-12-3-6-15(14(18)9-12)19-16(21)7-8-20(13-4-5-13)10-11-1-2-11/h3,6,9,11,13H,1-2,4-5,7-8,10,18H2,(H,19,21). The molecule has 2 aliphatic rings. The molecule has 0 spiro atoms. The molecule has 0 unspecified atom stereocenters. The van der Waals surface area contributed by atoms with Crippen LogP contribution in [0.2, 0.25) is 5.02 Å². The normalized spacial score (nSPS) is 18.0. The molecule has 0 bridgehead atoms. The second kappa shape index (κ2) is 6.24. The van der Waals surface area contributed by atoms with Crippen LogP contribution in [-0.4, -0.2) is 29.9 Å². The highest BCUT2D eigenvalue weighted by molar-refractivity contribution is 6.31. The molecule has 4 nitrogen and oxygen atoms in total. The zero-order valence-electron chi connectivity index (χ0n) is 12.1. The minimum atomic E-state index is 0.0190. The number of hydrogen-bond acceptors (Lipinski definition) is 3. The number of nitrogen functional groups attached to an aromatic ring is 1. The number of carbonyl (C=O) groups excluding carboxylic acids is 1. The minimum absolute atomic E-state index is 0.0190. The summed E-state index contributed by atoms with van der Waals surface area (Å²) in [5, 5.41) is 3.45. The Hall–Kier alpha value is -1.26. The van der Waals surface area contributed by atoms with Gasteiger partial charge in [0, 0.05) is 30.6 Å². The van der Waals surface area contributed by atoms with Gasteiger partial charge in [-0.05, 0) is 49.8 Å². The average Bonchev–Trinajstić information content (AvgIpc) is 3.30. The lowest BCUT2D eigenvalue weighted by Crippen LogP contribution is -2.31. The minimum Gasteiger partial charge on any atom is -0.397 e. The van der Waals surface area contributed by atoms with Gasteiger partial charge in [0.25, 0.3) is 0 Å². The third-order valence-electron chi connectivity index (χ3n) is 4.17. The first kappa shape index (κ1) is 14.7. The summed E-state index contributed by atoms with van der Waals surface area (Å²) in [4.78, 5) is 14.6. The number of anilines is 2. The van der Waals surface area contributed by atoms with Gasteiger partial charge in [0.2, 0.25) is 5.91 Å². The maximum Gasteiger partial charge on any atom is 0.225 e. The maximum absolute atomic E-state index is 12.1. The Morgan fingerprint density at radius 1 is 1.33 bits per heavy atom. The smallest absolute Gasteiger partial charge is 0.225 e. The second-order valence-electron chi connectivity index (χ2n) is 6.20. The average molecular weight is 308 g/mol. The van der Waals surface area contributed by atoms with Gasteiger partial charge in [-0.1, -0.05) is 11.6 Å². The van der Waals surface area contributed by atoms with Gasteiger partial charge in [0.1, 0.15) is 0 Å². The first-order chi connectivity index (χ1) is 10.1. The van der Waals surface area contributed by atoms with E-state index in [-0.39, 0.29) is 5.91 Å². The van der Waals surface area contributed by atoms with Crippen LogP contribution >= 0.6 is 11.6 Å². The van der Waals surface area contributed by atoms with Crippen molar-refractivity contribution in [2.45, 2.75) is 38.1 Å². The van der Waals surface area contributed by atoms with Crippen molar-refractivity contribution in [1.82, 2.24) is 4.90 Å². The quantitative estimate of drug-likeness (QED) is 0.761. The van der Waals surface area contributed by atoms with Crippen molar-refractivity contribution in [2.24, 2.45) is 5.92 Å². The molecule has 0 saturated heterocycles. The predicted molar refractivity (Wildman–Crippen MR) is 86.4 cm³/mol. The van der Waals surface area contributed by atoms with Crippen LogP contribution < -0.4 is 11.1 Å². The Labute approximate surface area is 130 Å². The molecule has 21 heavy (non-hydrogen) atoms. The van der Waals surface area contributed by atoms with Crippen molar-refractivity contribution in [2.75, 3.05) is 24.1 Å². The summed E-state index contributed by atoms with van der Waals surface area (Å²) in [6.07, 6.45) is 5.82. The fourth-order valence-corrected chi connectivity index (χ4v) is 2.78. The molecule has 0 heterocycles. The Balaban J connectivity index is 1.48. The summed E-state index contributed by atoms with van der Waals surface area (Å²) in [5.74, 6) is 0.894. The van der Waals surface area contributed by atoms with E-state index in [9.17, 15) is 4.79 Å². The number of rotatable bonds is 7. The van der Waals surface area contributed by atoms with Crippen LogP contribution in [0.15, 0.2) is 18.2 Å². The summed E-state index contributed by atoms with van der Waals surface area (Å²) < 4.78 is 0. The van der Waals surface area contributed by atoms with Crippen molar-refractivity contribution in [1.29, 1.82) is 0 Å². The summed E-state index contributed by atoms with van der Waals surface area (Å²) in [6, 6.07) is 5.86. The second-order valence-corrected chi connectivity index (χ2v) is 6.64. The topological polar surface area (TPSA) is 58.4 Å². The number of nitrogens with zero attached hydrogens (tertiary/aromatic N) is 1. The number of carbonyl (C=O) groups is 1. The highest BCUT2D eigenvalue weighted by Gasteiger charge is 2.33. The van der Waals surface area contributed by atoms with E-state index in [0.717, 1.165) is 18.5 Å². The molecule has 0 aliphatic heterocycles. The third-order valence-corrected chi connectivity index (χ3v) is 4.40. The van der Waals surface area contributed by atoms with E-state index in [1.807, 2.05) is 0 Å². The van der Waals surface area contributed by atoms with Crippen LogP contribution in [0.4, 0.5) is 11.4 Å². The highest BCUT2D eigenvalue weighted by Crippen LogP contribution is 2.34. The van der Waals surface area contributed by atoms with Crippen molar-refractivity contribution >= 4 is 28.9 Å². The van der Waals surface area contributed by atoms with Gasteiger partial charge in [-0.2, -0.15) is 0 Å². The van der Waals surface area contributed by atoms with E-state index in [4.69, 9.17) is 17.3 Å². The molecule has 2 fully saturated rings. The van der Waals surface area contributed by atoms with Gasteiger partial charge in [-0.3, -0.25) is 9.69 Å². The van der Waals surface area contributed by atoms with Crippen molar-refractivity contribution < 1.29 is 4.79 Å². The van der Waals surface area contributed by atoms with Crippen LogP contribution in [0.25, 0.3) is 0 Å². The van der Waals surface area contributed by atoms with Gasteiger partial charge in [0.05, 0.1) is 11.4 Å². The number of benzene rings is 1. The fourth-order valence-electron chi connectivity index (χ4n) is 2.60. The highest BCUT2D eigenvalue weighted by atomic mass is 35.5. The molecule has 0 radical (unpaired) electrons. The van der Waals surface area contributed by atoms with Gasteiger partial charge in [-0.25, -0.2) is 0 Å². The Bertz CT molecular complexity index is 526. The summed E-state index contributed by atoms with van der Waals surface area (Å²) in [7, 11) is 0. The zero-order chi connectivity index (χ0) is 14.8. The zero-order valence-corrected chi connectivity index (χ0v) is 12.9.